The van der Waals surface area contributed by atoms with Crippen LogP contribution in [0.3, 0.4) is 0 Å². The molecule has 1 N–H and O–H groups in total. The first-order valence-corrected chi connectivity index (χ1v) is 7.46. The van der Waals surface area contributed by atoms with Gasteiger partial charge in [-0.05, 0) is 51.9 Å². The second-order valence-electron chi connectivity index (χ2n) is 6.24. The predicted octanol–water partition coefficient (Wildman–Crippen LogP) is 1.85. The summed E-state index contributed by atoms with van der Waals surface area (Å²) >= 11 is 0. The SMILES string of the molecule is CC1(C)C(=O)Nc2ccccc2N1C(=O)CN1CCCC1. The highest BCUT2D eigenvalue weighted by Gasteiger charge is 2.43. The van der Waals surface area contributed by atoms with Crippen molar-refractivity contribution < 1.29 is 9.59 Å². The maximum Gasteiger partial charge on any atom is 0.250 e. The van der Waals surface area contributed by atoms with Gasteiger partial charge in [0, 0.05) is 0 Å². The molecule has 0 saturated carbocycles. The number of carbonyl (C=O) groups is 2. The summed E-state index contributed by atoms with van der Waals surface area (Å²) in [5.74, 6) is -0.153. The molecule has 21 heavy (non-hydrogen) atoms. The molecule has 0 unspecified atom stereocenters. The van der Waals surface area contributed by atoms with Gasteiger partial charge in [-0.2, -0.15) is 0 Å². The average molecular weight is 287 g/mol. The van der Waals surface area contributed by atoms with Gasteiger partial charge in [0.25, 0.3) is 0 Å². The Kier molecular flexibility index (Phi) is 3.45. The fourth-order valence-electron chi connectivity index (χ4n) is 3.10. The summed E-state index contributed by atoms with van der Waals surface area (Å²) in [6, 6.07) is 7.47. The lowest BCUT2D eigenvalue weighted by Gasteiger charge is -2.42. The molecule has 1 fully saturated rings. The third kappa shape index (κ3) is 2.42. The highest BCUT2D eigenvalue weighted by Crippen LogP contribution is 2.36. The van der Waals surface area contributed by atoms with Crippen molar-refractivity contribution in [2.24, 2.45) is 0 Å². The topological polar surface area (TPSA) is 52.7 Å². The largest absolute Gasteiger partial charge is 0.322 e. The Morgan fingerprint density at radius 1 is 1.24 bits per heavy atom. The van der Waals surface area contributed by atoms with Crippen molar-refractivity contribution >= 4 is 23.2 Å². The van der Waals surface area contributed by atoms with E-state index in [-0.39, 0.29) is 11.8 Å². The quantitative estimate of drug-likeness (QED) is 0.903. The molecule has 2 aliphatic rings. The number of amides is 2. The molecule has 112 valence electrons. The lowest BCUT2D eigenvalue weighted by Crippen LogP contribution is -2.60. The van der Waals surface area contributed by atoms with Gasteiger partial charge in [-0.15, -0.1) is 0 Å². The molecule has 0 aromatic heterocycles. The van der Waals surface area contributed by atoms with Crippen molar-refractivity contribution in [1.82, 2.24) is 4.90 Å². The molecular formula is C16H21N3O2. The molecular weight excluding hydrogens is 266 g/mol. The molecule has 2 amide bonds. The van der Waals surface area contributed by atoms with Gasteiger partial charge in [-0.3, -0.25) is 19.4 Å². The Bertz CT molecular complexity index is 577. The molecule has 0 aliphatic carbocycles. The van der Waals surface area contributed by atoms with Crippen LogP contribution < -0.4 is 10.2 Å². The number of fused-ring (bicyclic) bond motifs is 1. The molecule has 1 aromatic rings. The first kappa shape index (κ1) is 14.1. The normalized spacial score (nSPS) is 21.0. The highest BCUT2D eigenvalue weighted by atomic mass is 16.2. The predicted molar refractivity (Wildman–Crippen MR) is 82.3 cm³/mol. The number of hydrogen-bond acceptors (Lipinski definition) is 3. The van der Waals surface area contributed by atoms with Gasteiger partial charge in [0.1, 0.15) is 5.54 Å². The van der Waals surface area contributed by atoms with E-state index in [2.05, 4.69) is 10.2 Å². The number of carbonyl (C=O) groups excluding carboxylic acids is 2. The second kappa shape index (κ2) is 5.15. The van der Waals surface area contributed by atoms with E-state index >= 15 is 0 Å². The Morgan fingerprint density at radius 2 is 1.90 bits per heavy atom. The van der Waals surface area contributed by atoms with Crippen LogP contribution in [0.5, 0.6) is 0 Å². The molecule has 0 atom stereocenters. The summed E-state index contributed by atoms with van der Waals surface area (Å²) in [6.45, 7) is 5.90. The zero-order valence-corrected chi connectivity index (χ0v) is 12.6. The number of nitrogens with zero attached hydrogens (tertiary/aromatic N) is 2. The molecule has 2 aliphatic heterocycles. The molecule has 0 bridgehead atoms. The maximum absolute atomic E-state index is 12.8. The number of para-hydroxylation sites is 2. The molecule has 0 spiro atoms. The van der Waals surface area contributed by atoms with Crippen molar-refractivity contribution in [3.8, 4) is 0 Å². The van der Waals surface area contributed by atoms with E-state index in [1.807, 2.05) is 24.3 Å². The van der Waals surface area contributed by atoms with Crippen molar-refractivity contribution in [1.29, 1.82) is 0 Å². The Hall–Kier alpha value is -1.88. The zero-order chi connectivity index (χ0) is 15.0. The van der Waals surface area contributed by atoms with Crippen molar-refractivity contribution in [2.75, 3.05) is 29.9 Å². The maximum atomic E-state index is 12.8. The van der Waals surface area contributed by atoms with Gasteiger partial charge < -0.3 is 5.32 Å². The van der Waals surface area contributed by atoms with E-state index in [1.165, 1.54) is 0 Å². The van der Waals surface area contributed by atoms with Crippen LogP contribution in [0.25, 0.3) is 0 Å². The van der Waals surface area contributed by atoms with Crippen molar-refractivity contribution in [3.63, 3.8) is 0 Å². The van der Waals surface area contributed by atoms with Crippen LogP contribution in [0.2, 0.25) is 0 Å². The summed E-state index contributed by atoms with van der Waals surface area (Å²) in [5.41, 5.74) is 0.619. The number of likely N-dealkylation sites (tertiary alicyclic amines) is 1. The van der Waals surface area contributed by atoms with Gasteiger partial charge in [0.15, 0.2) is 0 Å². The Balaban J connectivity index is 1.93. The summed E-state index contributed by atoms with van der Waals surface area (Å²) < 4.78 is 0. The van der Waals surface area contributed by atoms with Crippen molar-refractivity contribution in [2.45, 2.75) is 32.2 Å². The third-order valence-electron chi connectivity index (χ3n) is 4.31. The van der Waals surface area contributed by atoms with Crippen LogP contribution in [0, 0.1) is 0 Å². The average Bonchev–Trinajstić information content (AvgIpc) is 2.92. The molecule has 1 saturated heterocycles. The van der Waals surface area contributed by atoms with Gasteiger partial charge >= 0.3 is 0 Å². The standard InChI is InChI=1S/C16H21N3O2/c1-16(2)15(21)17-12-7-3-4-8-13(12)19(16)14(20)11-18-9-5-6-10-18/h3-4,7-8H,5-6,9-11H2,1-2H3,(H,17,21). The molecule has 5 nitrogen and oxygen atoms in total. The molecule has 3 rings (SSSR count). The number of anilines is 2. The van der Waals surface area contributed by atoms with E-state index in [0.717, 1.165) is 31.6 Å². The van der Waals surface area contributed by atoms with Crippen molar-refractivity contribution in [3.05, 3.63) is 24.3 Å². The van der Waals surface area contributed by atoms with Crippen LogP contribution in [0.4, 0.5) is 11.4 Å². The third-order valence-corrected chi connectivity index (χ3v) is 4.31. The van der Waals surface area contributed by atoms with E-state index in [0.29, 0.717) is 12.2 Å². The van der Waals surface area contributed by atoms with E-state index < -0.39 is 5.54 Å². The minimum Gasteiger partial charge on any atom is -0.322 e. The number of hydrogen-bond donors (Lipinski definition) is 1. The number of benzene rings is 1. The minimum absolute atomic E-state index is 0.01000. The summed E-state index contributed by atoms with van der Waals surface area (Å²) in [5, 5.41) is 2.88. The van der Waals surface area contributed by atoms with E-state index in [9.17, 15) is 9.59 Å². The first-order chi connectivity index (χ1) is 10.00. The summed E-state index contributed by atoms with van der Waals surface area (Å²) in [4.78, 5) is 28.9. The van der Waals surface area contributed by atoms with Crippen LogP contribution in [0.1, 0.15) is 26.7 Å². The van der Waals surface area contributed by atoms with Gasteiger partial charge in [0.05, 0.1) is 17.9 Å². The van der Waals surface area contributed by atoms with Crippen LogP contribution >= 0.6 is 0 Å². The van der Waals surface area contributed by atoms with Crippen LogP contribution in [-0.2, 0) is 9.59 Å². The fraction of sp³-hybridized carbons (Fsp3) is 0.500. The molecule has 1 aromatic carbocycles. The fourth-order valence-corrected chi connectivity index (χ4v) is 3.10. The van der Waals surface area contributed by atoms with Gasteiger partial charge in [-0.1, -0.05) is 12.1 Å². The summed E-state index contributed by atoms with van der Waals surface area (Å²) in [7, 11) is 0. The monoisotopic (exact) mass is 287 g/mol. The van der Waals surface area contributed by atoms with E-state index in [1.54, 1.807) is 18.7 Å². The zero-order valence-electron chi connectivity index (χ0n) is 12.6. The van der Waals surface area contributed by atoms with E-state index in [4.69, 9.17) is 0 Å². The minimum atomic E-state index is -0.870. The Morgan fingerprint density at radius 3 is 2.62 bits per heavy atom. The molecule has 5 heteroatoms. The Labute approximate surface area is 124 Å². The molecule has 0 radical (unpaired) electrons. The smallest absolute Gasteiger partial charge is 0.250 e. The van der Waals surface area contributed by atoms with Crippen LogP contribution in [0.15, 0.2) is 24.3 Å². The van der Waals surface area contributed by atoms with Crippen LogP contribution in [-0.4, -0.2) is 41.9 Å². The number of rotatable bonds is 2. The molecule has 2 heterocycles. The summed E-state index contributed by atoms with van der Waals surface area (Å²) in [6.07, 6.45) is 2.29. The first-order valence-electron chi connectivity index (χ1n) is 7.46. The van der Waals surface area contributed by atoms with Gasteiger partial charge in [0.2, 0.25) is 11.8 Å². The lowest BCUT2D eigenvalue weighted by atomic mass is 9.96. The lowest BCUT2D eigenvalue weighted by molar-refractivity contribution is -0.127. The number of nitrogens with one attached hydrogen (secondary N) is 1. The highest BCUT2D eigenvalue weighted by molar-refractivity contribution is 6.14. The van der Waals surface area contributed by atoms with Gasteiger partial charge in [-0.25, -0.2) is 0 Å². The second-order valence-corrected chi connectivity index (χ2v) is 6.24.